The van der Waals surface area contributed by atoms with Gasteiger partial charge in [-0.1, -0.05) is 24.3 Å². The molecule has 0 radical (unpaired) electrons. The standard InChI is InChI=1S/C26H29F2N3O3S/c1-4-35(33,34)30-23-8-9-24-25(26(32)31(15-29-24)16(2)3)22(23)11-17-6-5-7-18(10-17)19-12-20(27)14-21(28)13-19/h5-7,10,12-16,22-23,30H,4,8-9,11H2,1-3H3/t22-,23-/m0/s1. The van der Waals surface area contributed by atoms with E-state index in [4.69, 9.17) is 0 Å². The number of fused-ring (bicyclic) bond motifs is 1. The lowest BCUT2D eigenvalue weighted by Crippen LogP contribution is -2.46. The predicted octanol–water partition coefficient (Wildman–Crippen LogP) is 4.35. The number of sulfonamides is 1. The molecule has 0 bridgehead atoms. The molecular formula is C26H29F2N3O3S. The summed E-state index contributed by atoms with van der Waals surface area (Å²) in [6.45, 7) is 5.36. The van der Waals surface area contributed by atoms with Crippen LogP contribution >= 0.6 is 0 Å². The molecule has 186 valence electrons. The molecule has 1 aliphatic carbocycles. The van der Waals surface area contributed by atoms with Crippen molar-refractivity contribution in [2.24, 2.45) is 0 Å². The molecule has 1 aliphatic rings. The van der Waals surface area contributed by atoms with E-state index in [9.17, 15) is 22.0 Å². The van der Waals surface area contributed by atoms with Crippen molar-refractivity contribution in [3.8, 4) is 11.1 Å². The minimum Gasteiger partial charge on any atom is -0.296 e. The van der Waals surface area contributed by atoms with Crippen molar-refractivity contribution in [3.63, 3.8) is 0 Å². The van der Waals surface area contributed by atoms with Gasteiger partial charge >= 0.3 is 0 Å². The fourth-order valence-corrected chi connectivity index (χ4v) is 5.61. The monoisotopic (exact) mass is 501 g/mol. The molecule has 1 aromatic heterocycles. The maximum atomic E-state index is 13.8. The van der Waals surface area contributed by atoms with Gasteiger partial charge in [0.15, 0.2) is 0 Å². The highest BCUT2D eigenvalue weighted by Gasteiger charge is 2.35. The molecule has 2 atom stereocenters. The number of benzene rings is 2. The Bertz CT molecular complexity index is 1380. The topological polar surface area (TPSA) is 81.1 Å². The van der Waals surface area contributed by atoms with Crippen LogP contribution in [0.3, 0.4) is 0 Å². The molecule has 0 unspecified atom stereocenters. The van der Waals surface area contributed by atoms with Gasteiger partial charge in [0.25, 0.3) is 5.56 Å². The van der Waals surface area contributed by atoms with Gasteiger partial charge < -0.3 is 0 Å². The van der Waals surface area contributed by atoms with Crippen molar-refractivity contribution in [3.05, 3.63) is 87.6 Å². The van der Waals surface area contributed by atoms with Crippen LogP contribution in [0.2, 0.25) is 0 Å². The number of hydrogen-bond donors (Lipinski definition) is 1. The largest absolute Gasteiger partial charge is 0.296 e. The van der Waals surface area contributed by atoms with Crippen molar-refractivity contribution in [1.29, 1.82) is 0 Å². The fraction of sp³-hybridized carbons (Fsp3) is 0.385. The van der Waals surface area contributed by atoms with Crippen LogP contribution in [-0.4, -0.2) is 29.8 Å². The van der Waals surface area contributed by atoms with Crippen LogP contribution in [0.4, 0.5) is 8.78 Å². The van der Waals surface area contributed by atoms with Crippen molar-refractivity contribution < 1.29 is 17.2 Å². The van der Waals surface area contributed by atoms with Gasteiger partial charge in [0.2, 0.25) is 10.0 Å². The molecule has 2 aromatic carbocycles. The van der Waals surface area contributed by atoms with E-state index in [1.54, 1.807) is 30.0 Å². The van der Waals surface area contributed by atoms with Crippen LogP contribution in [0.25, 0.3) is 11.1 Å². The van der Waals surface area contributed by atoms with E-state index in [0.717, 1.165) is 11.6 Å². The molecule has 0 saturated carbocycles. The Kier molecular flexibility index (Phi) is 7.19. The number of rotatable bonds is 7. The molecule has 0 aliphatic heterocycles. The lowest BCUT2D eigenvalue weighted by molar-refractivity contribution is 0.412. The molecule has 0 fully saturated rings. The third-order valence-electron chi connectivity index (χ3n) is 6.51. The molecular weight excluding hydrogens is 472 g/mol. The summed E-state index contributed by atoms with van der Waals surface area (Å²) in [5, 5.41) is 0. The minimum atomic E-state index is -3.51. The molecule has 4 rings (SSSR count). The molecule has 3 aromatic rings. The van der Waals surface area contributed by atoms with E-state index in [0.29, 0.717) is 41.6 Å². The van der Waals surface area contributed by atoms with Crippen LogP contribution in [-0.2, 0) is 22.9 Å². The Morgan fingerprint density at radius 2 is 1.83 bits per heavy atom. The van der Waals surface area contributed by atoms with Gasteiger partial charge in [-0.25, -0.2) is 26.9 Å². The van der Waals surface area contributed by atoms with Gasteiger partial charge in [-0.15, -0.1) is 0 Å². The number of nitrogens with one attached hydrogen (secondary N) is 1. The zero-order chi connectivity index (χ0) is 25.3. The predicted molar refractivity (Wildman–Crippen MR) is 132 cm³/mol. The second-order valence-electron chi connectivity index (χ2n) is 9.25. The highest BCUT2D eigenvalue weighted by molar-refractivity contribution is 7.89. The van der Waals surface area contributed by atoms with Crippen molar-refractivity contribution in [1.82, 2.24) is 14.3 Å². The van der Waals surface area contributed by atoms with Crippen molar-refractivity contribution in [2.75, 3.05) is 5.75 Å². The van der Waals surface area contributed by atoms with Gasteiger partial charge in [-0.05, 0) is 68.9 Å². The van der Waals surface area contributed by atoms with Crippen LogP contribution < -0.4 is 10.3 Å². The zero-order valence-corrected chi connectivity index (χ0v) is 20.8. The van der Waals surface area contributed by atoms with Crippen LogP contribution in [0.1, 0.15) is 56.0 Å². The van der Waals surface area contributed by atoms with Gasteiger partial charge in [0.05, 0.1) is 17.8 Å². The number of hydrogen-bond acceptors (Lipinski definition) is 4. The van der Waals surface area contributed by atoms with Gasteiger partial charge in [0.1, 0.15) is 11.6 Å². The molecule has 0 amide bonds. The van der Waals surface area contributed by atoms with E-state index in [-0.39, 0.29) is 17.4 Å². The summed E-state index contributed by atoms with van der Waals surface area (Å²) in [5.41, 5.74) is 2.91. The summed E-state index contributed by atoms with van der Waals surface area (Å²) in [6.07, 6.45) is 2.94. The molecule has 0 spiro atoms. The van der Waals surface area contributed by atoms with E-state index < -0.39 is 33.6 Å². The number of nitrogens with zero attached hydrogens (tertiary/aromatic N) is 2. The summed E-state index contributed by atoms with van der Waals surface area (Å²) in [4.78, 5) is 18.0. The summed E-state index contributed by atoms with van der Waals surface area (Å²) >= 11 is 0. The third kappa shape index (κ3) is 5.51. The van der Waals surface area contributed by atoms with E-state index >= 15 is 0 Å². The Morgan fingerprint density at radius 1 is 1.11 bits per heavy atom. The lowest BCUT2D eigenvalue weighted by atomic mass is 9.78. The normalized spacial score (nSPS) is 18.0. The second kappa shape index (κ2) is 9.99. The molecule has 35 heavy (non-hydrogen) atoms. The first-order valence-electron chi connectivity index (χ1n) is 11.7. The van der Waals surface area contributed by atoms with Crippen LogP contribution in [0.15, 0.2) is 53.6 Å². The first-order valence-corrected chi connectivity index (χ1v) is 13.4. The first-order chi connectivity index (χ1) is 16.6. The van der Waals surface area contributed by atoms with Crippen molar-refractivity contribution >= 4 is 10.0 Å². The van der Waals surface area contributed by atoms with Crippen LogP contribution in [0, 0.1) is 11.6 Å². The van der Waals surface area contributed by atoms with Gasteiger partial charge in [-0.2, -0.15) is 0 Å². The molecule has 6 nitrogen and oxygen atoms in total. The average molecular weight is 502 g/mol. The smallest absolute Gasteiger partial charge is 0.257 e. The summed E-state index contributed by atoms with van der Waals surface area (Å²) in [5.74, 6) is -1.83. The van der Waals surface area contributed by atoms with E-state index in [1.807, 2.05) is 26.0 Å². The van der Waals surface area contributed by atoms with E-state index in [2.05, 4.69) is 9.71 Å². The number of halogens is 2. The van der Waals surface area contributed by atoms with Gasteiger partial charge in [0, 0.05) is 29.6 Å². The number of aryl methyl sites for hydroxylation is 1. The Hall–Kier alpha value is -2.91. The average Bonchev–Trinajstić information content (AvgIpc) is 2.80. The quantitative estimate of drug-likeness (QED) is 0.522. The SMILES string of the molecule is CCS(=O)(=O)N[C@H]1CCc2ncn(C(C)C)c(=O)c2[C@H]1Cc1cccc(-c2cc(F)cc(F)c2)c1. The maximum absolute atomic E-state index is 13.8. The maximum Gasteiger partial charge on any atom is 0.257 e. The van der Waals surface area contributed by atoms with Crippen LogP contribution in [0.5, 0.6) is 0 Å². The first kappa shape index (κ1) is 25.2. The molecule has 9 heteroatoms. The van der Waals surface area contributed by atoms with Gasteiger partial charge in [-0.3, -0.25) is 9.36 Å². The summed E-state index contributed by atoms with van der Waals surface area (Å²) in [7, 11) is -3.51. The second-order valence-corrected chi connectivity index (χ2v) is 11.3. The van der Waals surface area contributed by atoms with Crippen molar-refractivity contribution in [2.45, 2.75) is 58.0 Å². The fourth-order valence-electron chi connectivity index (χ4n) is 4.70. The number of aromatic nitrogens is 2. The third-order valence-corrected chi connectivity index (χ3v) is 7.93. The molecule has 1 N–H and O–H groups in total. The molecule has 1 heterocycles. The highest BCUT2D eigenvalue weighted by Crippen LogP contribution is 2.33. The minimum absolute atomic E-state index is 0.0625. The molecule has 0 saturated heterocycles. The Balaban J connectivity index is 1.78. The summed E-state index contributed by atoms with van der Waals surface area (Å²) in [6, 6.07) is 10.0. The van der Waals surface area contributed by atoms with E-state index in [1.165, 1.54) is 12.1 Å². The summed E-state index contributed by atoms with van der Waals surface area (Å²) < 4.78 is 56.9. The highest BCUT2D eigenvalue weighted by atomic mass is 32.2. The zero-order valence-electron chi connectivity index (χ0n) is 20.0. The Labute approximate surface area is 204 Å². The lowest BCUT2D eigenvalue weighted by Gasteiger charge is -2.33. The Morgan fingerprint density at radius 3 is 2.49 bits per heavy atom.